The highest BCUT2D eigenvalue weighted by Gasteiger charge is 2.36. The van der Waals surface area contributed by atoms with Crippen LogP contribution in [0, 0.1) is 17.5 Å². The van der Waals surface area contributed by atoms with Gasteiger partial charge >= 0.3 is 0 Å². The number of imidazole rings is 1. The molecule has 0 atom stereocenters. The molecule has 0 unspecified atom stereocenters. The number of amides is 2. The zero-order valence-corrected chi connectivity index (χ0v) is 18.0. The van der Waals surface area contributed by atoms with Crippen molar-refractivity contribution in [1.29, 1.82) is 0 Å². The van der Waals surface area contributed by atoms with Crippen LogP contribution in [-0.2, 0) is 13.1 Å². The third-order valence-corrected chi connectivity index (χ3v) is 6.14. The molecule has 2 aliphatic rings. The van der Waals surface area contributed by atoms with E-state index >= 15 is 0 Å². The smallest absolute Gasteiger partial charge is 0.261 e. The Kier molecular flexibility index (Phi) is 4.67. The van der Waals surface area contributed by atoms with E-state index in [1.807, 2.05) is 0 Å². The molecule has 35 heavy (non-hydrogen) atoms. The van der Waals surface area contributed by atoms with Gasteiger partial charge in [0, 0.05) is 5.56 Å². The van der Waals surface area contributed by atoms with Crippen molar-refractivity contribution < 1.29 is 22.8 Å². The van der Waals surface area contributed by atoms with Crippen molar-refractivity contribution in [2.24, 2.45) is 4.99 Å². The van der Waals surface area contributed by atoms with Crippen LogP contribution in [0.4, 0.5) is 13.2 Å². The van der Waals surface area contributed by atoms with Crippen LogP contribution in [0.5, 0.6) is 0 Å². The maximum Gasteiger partial charge on any atom is 0.261 e. The van der Waals surface area contributed by atoms with Gasteiger partial charge in [0.05, 0.1) is 53.1 Å². The van der Waals surface area contributed by atoms with Crippen LogP contribution < -0.4 is 0 Å². The van der Waals surface area contributed by atoms with E-state index in [1.165, 1.54) is 24.4 Å². The predicted octanol–water partition coefficient (Wildman–Crippen LogP) is 4.44. The van der Waals surface area contributed by atoms with Gasteiger partial charge in [-0.2, -0.15) is 0 Å². The minimum Gasteiger partial charge on any atom is -0.297 e. The topological polar surface area (TPSA) is 67.6 Å². The van der Waals surface area contributed by atoms with E-state index in [0.29, 0.717) is 28.3 Å². The summed E-state index contributed by atoms with van der Waals surface area (Å²) in [5, 5.41) is 0. The molecule has 0 fully saturated rings. The summed E-state index contributed by atoms with van der Waals surface area (Å²) < 4.78 is 45.3. The molecule has 3 heterocycles. The van der Waals surface area contributed by atoms with E-state index in [9.17, 15) is 22.8 Å². The van der Waals surface area contributed by atoms with Crippen molar-refractivity contribution in [2.75, 3.05) is 0 Å². The lowest BCUT2D eigenvalue weighted by Crippen LogP contribution is -2.30. The van der Waals surface area contributed by atoms with Gasteiger partial charge in [-0.05, 0) is 42.5 Å². The van der Waals surface area contributed by atoms with Gasteiger partial charge < -0.3 is 0 Å². The second-order valence-electron chi connectivity index (χ2n) is 8.17. The number of halogens is 3. The van der Waals surface area contributed by atoms with Gasteiger partial charge in [0.2, 0.25) is 0 Å². The number of carbonyl (C=O) groups is 2. The molecular formula is C26H15F3N4O2. The van der Waals surface area contributed by atoms with Crippen molar-refractivity contribution in [1.82, 2.24) is 14.5 Å². The number of rotatable bonds is 3. The molecule has 2 amide bonds. The van der Waals surface area contributed by atoms with Crippen molar-refractivity contribution in [2.45, 2.75) is 13.1 Å². The van der Waals surface area contributed by atoms with E-state index in [2.05, 4.69) is 9.98 Å². The third-order valence-electron chi connectivity index (χ3n) is 6.14. The van der Waals surface area contributed by atoms with Crippen LogP contribution >= 0.6 is 0 Å². The first kappa shape index (κ1) is 21.0. The van der Waals surface area contributed by atoms with Crippen molar-refractivity contribution in [3.8, 4) is 5.69 Å². The number of aromatic nitrogens is 2. The lowest BCUT2D eigenvalue weighted by molar-refractivity contribution is 0.0639. The van der Waals surface area contributed by atoms with Crippen molar-refractivity contribution in [3.63, 3.8) is 0 Å². The minimum absolute atomic E-state index is 0.0488. The highest BCUT2D eigenvalue weighted by Crippen LogP contribution is 2.31. The van der Waals surface area contributed by atoms with Gasteiger partial charge in [0.25, 0.3) is 11.8 Å². The maximum absolute atomic E-state index is 14.7. The average Bonchev–Trinajstić information content (AvgIpc) is 3.30. The van der Waals surface area contributed by atoms with Crippen LogP contribution in [0.3, 0.4) is 0 Å². The van der Waals surface area contributed by atoms with E-state index < -0.39 is 29.3 Å². The molecule has 2 aliphatic heterocycles. The highest BCUT2D eigenvalue weighted by atomic mass is 19.1. The van der Waals surface area contributed by atoms with E-state index in [1.54, 1.807) is 28.8 Å². The van der Waals surface area contributed by atoms with Gasteiger partial charge in [-0.25, -0.2) is 18.2 Å². The molecule has 0 spiro atoms. The molecule has 0 aliphatic carbocycles. The predicted molar refractivity (Wildman–Crippen MR) is 120 cm³/mol. The number of hydrogen-bond donors (Lipinski definition) is 0. The Hall–Kier alpha value is -4.53. The number of hydrogen-bond acceptors (Lipinski definition) is 4. The molecule has 6 rings (SSSR count). The third kappa shape index (κ3) is 3.19. The number of aliphatic imine (C=N–C) groups is 1. The first-order chi connectivity index (χ1) is 16.9. The quantitative estimate of drug-likeness (QED) is 0.414. The molecule has 4 aromatic rings. The van der Waals surface area contributed by atoms with E-state index in [0.717, 1.165) is 23.1 Å². The minimum atomic E-state index is -0.829. The SMILES string of the molecule is O=C1c2ccccc2C(=O)N1Cc1cnc2n1-c1ccc(F)cc1C(c1c(F)cccc1F)=NC2. The van der Waals surface area contributed by atoms with E-state index in [-0.39, 0.29) is 29.9 Å². The average molecular weight is 472 g/mol. The first-order valence-electron chi connectivity index (χ1n) is 10.7. The summed E-state index contributed by atoms with van der Waals surface area (Å²) >= 11 is 0. The molecule has 0 saturated carbocycles. The van der Waals surface area contributed by atoms with E-state index in [4.69, 9.17) is 0 Å². The molecule has 3 aromatic carbocycles. The summed E-state index contributed by atoms with van der Waals surface area (Å²) in [6, 6.07) is 13.8. The Morgan fingerprint density at radius 3 is 2.20 bits per heavy atom. The summed E-state index contributed by atoms with van der Waals surface area (Å²) in [4.78, 5) is 35.7. The molecule has 0 N–H and O–H groups in total. The van der Waals surface area contributed by atoms with Crippen LogP contribution in [0.15, 0.2) is 71.9 Å². The Bertz CT molecular complexity index is 1540. The van der Waals surface area contributed by atoms with Crippen LogP contribution in [0.2, 0.25) is 0 Å². The summed E-state index contributed by atoms with van der Waals surface area (Å²) in [6.45, 7) is -0.152. The fourth-order valence-electron chi connectivity index (χ4n) is 4.56. The standard InChI is InChI=1S/C26H15F3N4O2/c27-14-8-9-21-18(10-14)24(23-19(28)6-3-7-20(23)29)31-12-22-30-11-15(33(21)22)13-32-25(34)16-4-1-2-5-17(16)26(32)35/h1-11H,12-13H2. The molecule has 9 heteroatoms. The first-order valence-corrected chi connectivity index (χ1v) is 10.7. The Morgan fingerprint density at radius 2 is 1.51 bits per heavy atom. The summed E-state index contributed by atoms with van der Waals surface area (Å²) in [5.41, 5.74) is 1.22. The number of nitrogens with zero attached hydrogens (tertiary/aromatic N) is 4. The van der Waals surface area contributed by atoms with Crippen molar-refractivity contribution >= 4 is 17.5 Å². The van der Waals surface area contributed by atoms with Gasteiger partial charge in [-0.3, -0.25) is 24.0 Å². The van der Waals surface area contributed by atoms with Crippen LogP contribution in [-0.4, -0.2) is 32.0 Å². The molecule has 6 nitrogen and oxygen atoms in total. The summed E-state index contributed by atoms with van der Waals surface area (Å²) in [5.74, 6) is -2.72. The van der Waals surface area contributed by atoms with Crippen LogP contribution in [0.25, 0.3) is 5.69 Å². The summed E-state index contributed by atoms with van der Waals surface area (Å²) in [6.07, 6.45) is 1.51. The Morgan fingerprint density at radius 1 is 0.829 bits per heavy atom. The maximum atomic E-state index is 14.7. The largest absolute Gasteiger partial charge is 0.297 e. The molecule has 0 bridgehead atoms. The lowest BCUT2D eigenvalue weighted by atomic mass is 9.99. The number of benzene rings is 3. The Labute approximate surface area is 197 Å². The fraction of sp³-hybridized carbons (Fsp3) is 0.0769. The Balaban J connectivity index is 1.47. The fourth-order valence-corrected chi connectivity index (χ4v) is 4.56. The zero-order chi connectivity index (χ0) is 24.3. The number of carbonyl (C=O) groups excluding carboxylic acids is 2. The number of fused-ring (bicyclic) bond motifs is 4. The van der Waals surface area contributed by atoms with Gasteiger partial charge in [0.15, 0.2) is 0 Å². The molecule has 1 aromatic heterocycles. The van der Waals surface area contributed by atoms with Crippen molar-refractivity contribution in [3.05, 3.63) is 118 Å². The zero-order valence-electron chi connectivity index (χ0n) is 18.0. The van der Waals surface area contributed by atoms with Gasteiger partial charge in [-0.1, -0.05) is 18.2 Å². The highest BCUT2D eigenvalue weighted by molar-refractivity contribution is 6.21. The second-order valence-corrected chi connectivity index (χ2v) is 8.17. The number of imide groups is 1. The monoisotopic (exact) mass is 472 g/mol. The van der Waals surface area contributed by atoms with Gasteiger partial charge in [-0.15, -0.1) is 0 Å². The molecule has 172 valence electrons. The lowest BCUT2D eigenvalue weighted by Gasteiger charge is -2.18. The second kappa shape index (κ2) is 7.76. The molecule has 0 saturated heterocycles. The normalized spacial score (nSPS) is 14.4. The van der Waals surface area contributed by atoms with Gasteiger partial charge in [0.1, 0.15) is 23.3 Å². The van der Waals surface area contributed by atoms with Crippen LogP contribution in [0.1, 0.15) is 43.4 Å². The molecule has 0 radical (unpaired) electrons. The summed E-state index contributed by atoms with van der Waals surface area (Å²) in [7, 11) is 0. The molecular weight excluding hydrogens is 457 g/mol.